The van der Waals surface area contributed by atoms with Gasteiger partial charge in [-0.05, 0) is 19.9 Å². The SMILES string of the molecule is Cc1nc(C(=O)NC(C)c2ccccc2OC(F)F)n[nH]1. The molecule has 2 aromatic rings. The van der Waals surface area contributed by atoms with E-state index in [0.717, 1.165) is 0 Å². The maximum Gasteiger partial charge on any atom is 0.387 e. The molecule has 1 aromatic carbocycles. The number of rotatable bonds is 5. The second-order valence-electron chi connectivity index (χ2n) is 4.36. The van der Waals surface area contributed by atoms with Crippen molar-refractivity contribution < 1.29 is 18.3 Å². The van der Waals surface area contributed by atoms with E-state index < -0.39 is 18.6 Å². The van der Waals surface area contributed by atoms with Gasteiger partial charge in [-0.2, -0.15) is 8.78 Å². The average Bonchev–Trinajstić information content (AvgIpc) is 2.85. The number of aromatic nitrogens is 3. The smallest absolute Gasteiger partial charge is 0.387 e. The molecule has 0 aliphatic heterocycles. The highest BCUT2D eigenvalue weighted by molar-refractivity contribution is 5.90. The number of halogens is 2. The Kier molecular flexibility index (Phi) is 4.46. The Morgan fingerprint density at radius 1 is 1.38 bits per heavy atom. The molecule has 0 spiro atoms. The largest absolute Gasteiger partial charge is 0.434 e. The van der Waals surface area contributed by atoms with Crippen LogP contribution in [-0.2, 0) is 0 Å². The van der Waals surface area contributed by atoms with Gasteiger partial charge in [-0.15, -0.1) is 5.10 Å². The van der Waals surface area contributed by atoms with Gasteiger partial charge in [-0.3, -0.25) is 9.89 Å². The van der Waals surface area contributed by atoms with Gasteiger partial charge in [-0.1, -0.05) is 18.2 Å². The lowest BCUT2D eigenvalue weighted by Crippen LogP contribution is -2.28. The number of alkyl halides is 2. The maximum atomic E-state index is 12.4. The van der Waals surface area contributed by atoms with E-state index in [0.29, 0.717) is 11.4 Å². The van der Waals surface area contributed by atoms with Crippen LogP contribution in [0.4, 0.5) is 8.78 Å². The fraction of sp³-hybridized carbons (Fsp3) is 0.308. The fourth-order valence-electron chi connectivity index (χ4n) is 1.82. The van der Waals surface area contributed by atoms with Gasteiger partial charge in [0.15, 0.2) is 0 Å². The van der Waals surface area contributed by atoms with Crippen LogP contribution < -0.4 is 10.1 Å². The van der Waals surface area contributed by atoms with Crippen LogP contribution in [0.3, 0.4) is 0 Å². The first-order chi connectivity index (χ1) is 9.97. The zero-order valence-corrected chi connectivity index (χ0v) is 11.4. The van der Waals surface area contributed by atoms with Gasteiger partial charge in [0.05, 0.1) is 6.04 Å². The van der Waals surface area contributed by atoms with Crippen molar-refractivity contribution >= 4 is 5.91 Å². The summed E-state index contributed by atoms with van der Waals surface area (Å²) in [5.74, 6) is 0.0195. The quantitative estimate of drug-likeness (QED) is 0.886. The van der Waals surface area contributed by atoms with Gasteiger partial charge >= 0.3 is 6.61 Å². The van der Waals surface area contributed by atoms with Crippen molar-refractivity contribution in [2.45, 2.75) is 26.5 Å². The van der Waals surface area contributed by atoms with Crippen LogP contribution in [0, 0.1) is 6.92 Å². The monoisotopic (exact) mass is 296 g/mol. The normalized spacial score (nSPS) is 12.2. The molecule has 0 aliphatic rings. The summed E-state index contributed by atoms with van der Waals surface area (Å²) >= 11 is 0. The first kappa shape index (κ1) is 14.9. The first-order valence-electron chi connectivity index (χ1n) is 6.21. The lowest BCUT2D eigenvalue weighted by molar-refractivity contribution is -0.0506. The van der Waals surface area contributed by atoms with Crippen molar-refractivity contribution in [3.63, 3.8) is 0 Å². The van der Waals surface area contributed by atoms with Gasteiger partial charge in [0.25, 0.3) is 5.91 Å². The number of benzene rings is 1. The van der Waals surface area contributed by atoms with Crippen molar-refractivity contribution in [3.8, 4) is 5.75 Å². The molecule has 2 rings (SSSR count). The van der Waals surface area contributed by atoms with Gasteiger partial charge in [0.2, 0.25) is 5.82 Å². The topological polar surface area (TPSA) is 79.9 Å². The van der Waals surface area contributed by atoms with Crippen LogP contribution in [0.5, 0.6) is 5.75 Å². The van der Waals surface area contributed by atoms with Crippen molar-refractivity contribution in [2.24, 2.45) is 0 Å². The number of aromatic amines is 1. The number of ether oxygens (including phenoxy) is 1. The predicted molar refractivity (Wildman–Crippen MR) is 70.1 cm³/mol. The molecule has 0 radical (unpaired) electrons. The van der Waals surface area contributed by atoms with E-state index in [2.05, 4.69) is 25.2 Å². The van der Waals surface area contributed by atoms with Crippen LogP contribution in [0.25, 0.3) is 0 Å². The molecule has 0 saturated carbocycles. The zero-order valence-electron chi connectivity index (χ0n) is 11.4. The summed E-state index contributed by atoms with van der Waals surface area (Å²) < 4.78 is 29.2. The first-order valence-corrected chi connectivity index (χ1v) is 6.21. The minimum absolute atomic E-state index is 0.00777. The average molecular weight is 296 g/mol. The molecule has 1 atom stereocenters. The molecule has 1 unspecified atom stereocenters. The van der Waals surface area contributed by atoms with Gasteiger partial charge < -0.3 is 10.1 Å². The number of aryl methyl sites for hydroxylation is 1. The number of para-hydroxylation sites is 1. The Labute approximate surface area is 119 Å². The Hall–Kier alpha value is -2.51. The third kappa shape index (κ3) is 3.74. The number of nitrogens with zero attached hydrogens (tertiary/aromatic N) is 2. The van der Waals surface area contributed by atoms with E-state index in [1.807, 2.05) is 0 Å². The van der Waals surface area contributed by atoms with E-state index in [1.165, 1.54) is 6.07 Å². The predicted octanol–water partition coefficient (Wildman–Crippen LogP) is 2.21. The Morgan fingerprint density at radius 2 is 2.10 bits per heavy atom. The summed E-state index contributed by atoms with van der Waals surface area (Å²) in [6.45, 7) is 0.397. The number of hydrogen-bond donors (Lipinski definition) is 2. The third-order valence-electron chi connectivity index (χ3n) is 2.75. The van der Waals surface area contributed by atoms with Crippen molar-refractivity contribution in [1.82, 2.24) is 20.5 Å². The highest BCUT2D eigenvalue weighted by Gasteiger charge is 2.19. The number of H-pyrrole nitrogens is 1. The summed E-state index contributed by atoms with van der Waals surface area (Å²) in [7, 11) is 0. The van der Waals surface area contributed by atoms with E-state index in [4.69, 9.17) is 0 Å². The van der Waals surface area contributed by atoms with Crippen LogP contribution in [0.15, 0.2) is 24.3 Å². The Balaban J connectivity index is 2.13. The van der Waals surface area contributed by atoms with Crippen LogP contribution >= 0.6 is 0 Å². The molecule has 1 amide bonds. The highest BCUT2D eigenvalue weighted by atomic mass is 19.3. The lowest BCUT2D eigenvalue weighted by atomic mass is 10.1. The number of amides is 1. The van der Waals surface area contributed by atoms with Crippen molar-refractivity contribution in [2.75, 3.05) is 0 Å². The summed E-state index contributed by atoms with van der Waals surface area (Å²) in [4.78, 5) is 15.8. The molecule has 6 nitrogen and oxygen atoms in total. The number of carbonyl (C=O) groups is 1. The van der Waals surface area contributed by atoms with Crippen molar-refractivity contribution in [1.29, 1.82) is 0 Å². The van der Waals surface area contributed by atoms with E-state index >= 15 is 0 Å². The molecule has 0 saturated heterocycles. The summed E-state index contributed by atoms with van der Waals surface area (Å²) in [6.07, 6.45) is 0. The van der Waals surface area contributed by atoms with E-state index in [9.17, 15) is 13.6 Å². The van der Waals surface area contributed by atoms with E-state index in [-0.39, 0.29) is 11.6 Å². The minimum Gasteiger partial charge on any atom is -0.434 e. The molecule has 21 heavy (non-hydrogen) atoms. The lowest BCUT2D eigenvalue weighted by Gasteiger charge is -2.17. The van der Waals surface area contributed by atoms with Crippen molar-refractivity contribution in [3.05, 3.63) is 41.5 Å². The molecule has 1 aromatic heterocycles. The number of carbonyl (C=O) groups excluding carboxylic acids is 1. The summed E-state index contributed by atoms with van der Waals surface area (Å²) in [5.41, 5.74) is 0.443. The summed E-state index contributed by atoms with van der Waals surface area (Å²) in [6, 6.07) is 5.74. The maximum absolute atomic E-state index is 12.4. The van der Waals surface area contributed by atoms with E-state index in [1.54, 1.807) is 32.0 Å². The Bertz CT molecular complexity index is 630. The number of hydrogen-bond acceptors (Lipinski definition) is 4. The van der Waals surface area contributed by atoms with Crippen LogP contribution in [0.1, 0.15) is 35.0 Å². The van der Waals surface area contributed by atoms with Gasteiger partial charge in [0.1, 0.15) is 11.6 Å². The van der Waals surface area contributed by atoms with Gasteiger partial charge in [0, 0.05) is 5.56 Å². The van der Waals surface area contributed by atoms with Crippen LogP contribution in [0.2, 0.25) is 0 Å². The zero-order chi connectivity index (χ0) is 15.4. The number of nitrogens with one attached hydrogen (secondary N) is 2. The highest BCUT2D eigenvalue weighted by Crippen LogP contribution is 2.26. The third-order valence-corrected chi connectivity index (χ3v) is 2.75. The molecule has 2 N–H and O–H groups in total. The van der Waals surface area contributed by atoms with Gasteiger partial charge in [-0.25, -0.2) is 4.98 Å². The molecule has 112 valence electrons. The molecule has 0 aliphatic carbocycles. The molecular formula is C13H14F2N4O2. The standard InChI is InChI=1S/C13H14F2N4O2/c1-7(16-12(20)11-17-8(2)18-19-11)9-5-3-4-6-10(9)21-13(14)15/h3-7,13H,1-2H3,(H,16,20)(H,17,18,19). The van der Waals surface area contributed by atoms with Crippen LogP contribution in [-0.4, -0.2) is 27.7 Å². The molecule has 0 bridgehead atoms. The summed E-state index contributed by atoms with van der Waals surface area (Å²) in [5, 5.41) is 8.92. The second-order valence-corrected chi connectivity index (χ2v) is 4.36. The fourth-order valence-corrected chi connectivity index (χ4v) is 1.82. The molecule has 1 heterocycles. The molecule has 8 heteroatoms. The second kappa shape index (κ2) is 6.29. The molecule has 0 fully saturated rings. The Morgan fingerprint density at radius 3 is 2.71 bits per heavy atom. The minimum atomic E-state index is -2.93. The molecular weight excluding hydrogens is 282 g/mol.